The Labute approximate surface area is 130 Å². The summed E-state index contributed by atoms with van der Waals surface area (Å²) < 4.78 is 16.6. The van der Waals surface area contributed by atoms with Crippen LogP contribution in [0.3, 0.4) is 0 Å². The molecule has 0 aromatic heterocycles. The van der Waals surface area contributed by atoms with E-state index in [1.165, 1.54) is 0 Å². The minimum absolute atomic E-state index is 0.0593. The maximum atomic E-state index is 12.3. The van der Waals surface area contributed by atoms with E-state index in [-0.39, 0.29) is 11.8 Å². The number of amides is 1. The molecule has 1 N–H and O–H groups in total. The van der Waals surface area contributed by atoms with Crippen molar-refractivity contribution >= 4 is 5.91 Å². The quantitative estimate of drug-likeness (QED) is 0.927. The van der Waals surface area contributed by atoms with Gasteiger partial charge in [0.25, 0.3) is 0 Å². The second-order valence-electron chi connectivity index (χ2n) is 5.95. The van der Waals surface area contributed by atoms with Crippen LogP contribution in [0.4, 0.5) is 0 Å². The third kappa shape index (κ3) is 3.42. The maximum absolute atomic E-state index is 12.3. The predicted molar refractivity (Wildman–Crippen MR) is 81.4 cm³/mol. The summed E-state index contributed by atoms with van der Waals surface area (Å²) in [7, 11) is 1.64. The van der Waals surface area contributed by atoms with Gasteiger partial charge < -0.3 is 19.5 Å². The molecule has 1 aromatic carbocycles. The summed E-state index contributed by atoms with van der Waals surface area (Å²) in [5, 5.41) is 3.02. The number of carbonyl (C=O) groups is 1. The Morgan fingerprint density at radius 1 is 1.32 bits per heavy atom. The number of ether oxygens (including phenoxy) is 3. The molecule has 0 atom stereocenters. The first kappa shape index (κ1) is 15.3. The zero-order chi connectivity index (χ0) is 15.4. The molecular weight excluding hydrogens is 282 g/mol. The highest BCUT2D eigenvalue weighted by atomic mass is 16.7. The Morgan fingerprint density at radius 3 is 2.73 bits per heavy atom. The van der Waals surface area contributed by atoms with Gasteiger partial charge in [-0.25, -0.2) is 0 Å². The Hall–Kier alpha value is -1.59. The fourth-order valence-corrected chi connectivity index (χ4v) is 3.22. The monoisotopic (exact) mass is 305 g/mol. The van der Waals surface area contributed by atoms with Crippen LogP contribution in [0, 0.1) is 5.92 Å². The molecule has 22 heavy (non-hydrogen) atoms. The smallest absolute Gasteiger partial charge is 0.223 e. The molecule has 120 valence electrons. The molecule has 1 saturated carbocycles. The van der Waals surface area contributed by atoms with Crippen LogP contribution < -0.4 is 10.1 Å². The Kier molecular flexibility index (Phi) is 4.64. The number of carbonyl (C=O) groups excluding carboxylic acids is 1. The van der Waals surface area contributed by atoms with Crippen molar-refractivity contribution in [3.63, 3.8) is 0 Å². The molecule has 1 heterocycles. The Morgan fingerprint density at radius 2 is 2.05 bits per heavy atom. The first-order valence-corrected chi connectivity index (χ1v) is 7.89. The molecular formula is C17H23NO4. The number of nitrogens with one attached hydrogen (secondary N) is 1. The summed E-state index contributed by atoms with van der Waals surface area (Å²) in [4.78, 5) is 12.3. The van der Waals surface area contributed by atoms with Crippen molar-refractivity contribution in [2.75, 3.05) is 20.3 Å². The van der Waals surface area contributed by atoms with Gasteiger partial charge in [0.1, 0.15) is 5.75 Å². The first-order valence-electron chi connectivity index (χ1n) is 7.89. The lowest BCUT2D eigenvalue weighted by atomic mass is 9.84. The molecule has 1 aliphatic carbocycles. The SMILES string of the molecule is COc1cccc(CNC(=O)C2CCC3(CC2)OCCO3)c1. The zero-order valence-electron chi connectivity index (χ0n) is 13.0. The topological polar surface area (TPSA) is 56.8 Å². The van der Waals surface area contributed by atoms with Crippen molar-refractivity contribution in [1.29, 1.82) is 0 Å². The molecule has 0 bridgehead atoms. The fourth-order valence-electron chi connectivity index (χ4n) is 3.22. The van der Waals surface area contributed by atoms with E-state index in [0.717, 1.165) is 37.0 Å². The lowest BCUT2D eigenvalue weighted by molar-refractivity contribution is -0.183. The van der Waals surface area contributed by atoms with E-state index in [2.05, 4.69) is 5.32 Å². The largest absolute Gasteiger partial charge is 0.497 e. The van der Waals surface area contributed by atoms with E-state index >= 15 is 0 Å². The summed E-state index contributed by atoms with van der Waals surface area (Å²) in [6, 6.07) is 7.75. The summed E-state index contributed by atoms with van der Waals surface area (Å²) in [5.74, 6) is 0.588. The van der Waals surface area contributed by atoms with E-state index in [9.17, 15) is 4.79 Å². The molecule has 5 heteroatoms. The summed E-state index contributed by atoms with van der Waals surface area (Å²) in [6.45, 7) is 1.88. The summed E-state index contributed by atoms with van der Waals surface area (Å²) in [5.41, 5.74) is 1.04. The molecule has 3 rings (SSSR count). The number of rotatable bonds is 4. The Balaban J connectivity index is 1.48. The van der Waals surface area contributed by atoms with Gasteiger partial charge in [0.05, 0.1) is 20.3 Å². The zero-order valence-corrected chi connectivity index (χ0v) is 13.0. The molecule has 1 aromatic rings. The van der Waals surface area contributed by atoms with Crippen molar-refractivity contribution in [2.45, 2.75) is 38.0 Å². The average Bonchev–Trinajstić information content (AvgIpc) is 3.01. The van der Waals surface area contributed by atoms with E-state index in [1.807, 2.05) is 24.3 Å². The molecule has 0 unspecified atom stereocenters. The van der Waals surface area contributed by atoms with Crippen molar-refractivity contribution in [3.05, 3.63) is 29.8 Å². The molecule has 1 spiro atoms. The minimum atomic E-state index is -0.399. The van der Waals surface area contributed by atoms with Crippen molar-refractivity contribution < 1.29 is 19.0 Å². The van der Waals surface area contributed by atoms with Gasteiger partial charge in [0, 0.05) is 25.3 Å². The summed E-state index contributed by atoms with van der Waals surface area (Å²) >= 11 is 0. The van der Waals surface area contributed by atoms with Crippen LogP contribution in [0.5, 0.6) is 5.75 Å². The molecule has 2 fully saturated rings. The van der Waals surface area contributed by atoms with Gasteiger partial charge in [0.2, 0.25) is 5.91 Å². The normalized spacial score (nSPS) is 21.0. The highest BCUT2D eigenvalue weighted by Crippen LogP contribution is 2.38. The minimum Gasteiger partial charge on any atom is -0.497 e. The van der Waals surface area contributed by atoms with Crippen LogP contribution >= 0.6 is 0 Å². The van der Waals surface area contributed by atoms with E-state index in [4.69, 9.17) is 14.2 Å². The van der Waals surface area contributed by atoms with Crippen LogP contribution in [-0.2, 0) is 20.8 Å². The van der Waals surface area contributed by atoms with Crippen LogP contribution in [0.2, 0.25) is 0 Å². The molecule has 1 amide bonds. The molecule has 5 nitrogen and oxygen atoms in total. The first-order chi connectivity index (χ1) is 10.7. The van der Waals surface area contributed by atoms with Crippen molar-refractivity contribution in [2.24, 2.45) is 5.92 Å². The Bertz CT molecular complexity index is 515. The highest BCUT2D eigenvalue weighted by molar-refractivity contribution is 5.78. The van der Waals surface area contributed by atoms with Gasteiger partial charge in [-0.15, -0.1) is 0 Å². The van der Waals surface area contributed by atoms with Crippen LogP contribution in [0.15, 0.2) is 24.3 Å². The highest BCUT2D eigenvalue weighted by Gasteiger charge is 2.41. The number of hydrogen-bond acceptors (Lipinski definition) is 4. The van der Waals surface area contributed by atoms with Crippen LogP contribution in [0.25, 0.3) is 0 Å². The van der Waals surface area contributed by atoms with Gasteiger partial charge >= 0.3 is 0 Å². The lowest BCUT2D eigenvalue weighted by Gasteiger charge is -2.34. The van der Waals surface area contributed by atoms with E-state index < -0.39 is 5.79 Å². The average molecular weight is 305 g/mol. The van der Waals surface area contributed by atoms with Gasteiger partial charge in [-0.3, -0.25) is 4.79 Å². The maximum Gasteiger partial charge on any atom is 0.223 e. The van der Waals surface area contributed by atoms with Crippen LogP contribution in [-0.4, -0.2) is 32.0 Å². The van der Waals surface area contributed by atoms with Gasteiger partial charge in [-0.05, 0) is 30.5 Å². The predicted octanol–water partition coefficient (Wildman–Crippen LogP) is 2.24. The number of methoxy groups -OCH3 is 1. The van der Waals surface area contributed by atoms with Gasteiger partial charge in [-0.1, -0.05) is 12.1 Å². The third-order valence-electron chi connectivity index (χ3n) is 4.53. The molecule has 1 saturated heterocycles. The van der Waals surface area contributed by atoms with E-state index in [0.29, 0.717) is 19.8 Å². The lowest BCUT2D eigenvalue weighted by Crippen LogP contribution is -2.40. The second kappa shape index (κ2) is 6.67. The fraction of sp³-hybridized carbons (Fsp3) is 0.588. The number of benzene rings is 1. The number of hydrogen-bond donors (Lipinski definition) is 1. The van der Waals surface area contributed by atoms with Crippen molar-refractivity contribution in [3.8, 4) is 5.75 Å². The van der Waals surface area contributed by atoms with Crippen LogP contribution in [0.1, 0.15) is 31.2 Å². The molecule has 0 radical (unpaired) electrons. The molecule has 2 aliphatic rings. The standard InChI is InChI=1S/C17H23NO4/c1-20-15-4-2-3-13(11-15)12-18-16(19)14-5-7-17(8-6-14)21-9-10-22-17/h2-4,11,14H,5-10,12H2,1H3,(H,18,19). The third-order valence-corrected chi connectivity index (χ3v) is 4.53. The van der Waals surface area contributed by atoms with Gasteiger partial charge in [-0.2, -0.15) is 0 Å². The van der Waals surface area contributed by atoms with Crippen molar-refractivity contribution in [1.82, 2.24) is 5.32 Å². The summed E-state index contributed by atoms with van der Waals surface area (Å²) in [6.07, 6.45) is 3.27. The second-order valence-corrected chi connectivity index (χ2v) is 5.95. The molecule has 1 aliphatic heterocycles. The van der Waals surface area contributed by atoms with Gasteiger partial charge in [0.15, 0.2) is 5.79 Å². The van der Waals surface area contributed by atoms with E-state index in [1.54, 1.807) is 7.11 Å².